The van der Waals surface area contributed by atoms with Crippen LogP contribution in [0.1, 0.15) is 35.2 Å². The van der Waals surface area contributed by atoms with Crippen molar-refractivity contribution in [2.45, 2.75) is 25.7 Å². The highest BCUT2D eigenvalue weighted by atomic mass is 16.5. The molecule has 9 heteroatoms. The number of aromatic nitrogens is 6. The second-order valence-electron chi connectivity index (χ2n) is 7.04. The number of amides is 1. The molecule has 4 rings (SSSR count). The number of benzene rings is 1. The van der Waals surface area contributed by atoms with E-state index in [-0.39, 0.29) is 5.91 Å². The highest BCUT2D eigenvalue weighted by Gasteiger charge is 2.27. The van der Waals surface area contributed by atoms with E-state index in [4.69, 9.17) is 4.74 Å². The number of aromatic amines is 1. The van der Waals surface area contributed by atoms with Crippen LogP contribution in [-0.2, 0) is 6.42 Å². The van der Waals surface area contributed by atoms with Gasteiger partial charge in [0.25, 0.3) is 5.91 Å². The first kappa shape index (κ1) is 18.1. The van der Waals surface area contributed by atoms with Gasteiger partial charge in [-0.25, -0.2) is 0 Å². The number of nitrogens with one attached hydrogen (secondary N) is 1. The second kappa shape index (κ2) is 8.20. The quantitative estimate of drug-likeness (QED) is 0.699. The Hall–Kier alpha value is -3.23. The number of likely N-dealkylation sites (tertiary alicyclic amines) is 1. The average molecular weight is 381 g/mol. The number of ether oxygens (including phenoxy) is 1. The zero-order valence-electron chi connectivity index (χ0n) is 15.8. The molecule has 0 spiro atoms. The lowest BCUT2D eigenvalue weighted by atomic mass is 9.91. The number of H-pyrrole nitrogens is 1. The Morgan fingerprint density at radius 2 is 2.32 bits per heavy atom. The van der Waals surface area contributed by atoms with Gasteiger partial charge in [-0.15, -0.1) is 5.10 Å². The van der Waals surface area contributed by atoms with Crippen LogP contribution in [0.3, 0.4) is 0 Å². The van der Waals surface area contributed by atoms with E-state index >= 15 is 0 Å². The molecule has 0 unspecified atom stereocenters. The Kier molecular flexibility index (Phi) is 5.31. The van der Waals surface area contributed by atoms with E-state index in [2.05, 4.69) is 37.9 Å². The van der Waals surface area contributed by atoms with Crippen LogP contribution in [0, 0.1) is 5.92 Å². The third-order valence-corrected chi connectivity index (χ3v) is 5.21. The summed E-state index contributed by atoms with van der Waals surface area (Å²) in [6, 6.07) is 8.18. The van der Waals surface area contributed by atoms with Gasteiger partial charge < -0.3 is 9.64 Å². The number of piperidine rings is 1. The Morgan fingerprint density at radius 1 is 1.39 bits per heavy atom. The van der Waals surface area contributed by atoms with Crippen molar-refractivity contribution in [3.63, 3.8) is 0 Å². The smallest absolute Gasteiger partial charge is 0.259 e. The van der Waals surface area contributed by atoms with Gasteiger partial charge in [-0.05, 0) is 59.7 Å². The monoisotopic (exact) mass is 381 g/mol. The molecule has 1 fully saturated rings. The molecule has 9 nitrogen and oxygen atoms in total. The molecular formula is C19H23N7O2. The molecule has 0 saturated carbocycles. The van der Waals surface area contributed by atoms with Gasteiger partial charge in [-0.3, -0.25) is 9.89 Å². The molecule has 3 aromatic rings. The number of methoxy groups -OCH3 is 1. The summed E-state index contributed by atoms with van der Waals surface area (Å²) in [5.41, 5.74) is 1.75. The summed E-state index contributed by atoms with van der Waals surface area (Å²) >= 11 is 0. The number of rotatable bonds is 6. The minimum atomic E-state index is -0.0367. The van der Waals surface area contributed by atoms with Crippen LogP contribution >= 0.6 is 0 Å². The van der Waals surface area contributed by atoms with Gasteiger partial charge in [0.15, 0.2) is 5.82 Å². The molecule has 1 aliphatic heterocycles. The molecule has 1 amide bonds. The summed E-state index contributed by atoms with van der Waals surface area (Å²) < 4.78 is 6.72. The van der Waals surface area contributed by atoms with Crippen molar-refractivity contribution < 1.29 is 9.53 Å². The normalized spacial score (nSPS) is 16.9. The highest BCUT2D eigenvalue weighted by molar-refractivity contribution is 5.97. The molecule has 1 atom stereocenters. The standard InChI is InChI=1S/C19H23N7O2/c1-28-16-6-2-4-14(10-16)7-8-15-5-3-9-25(12-15)19(27)17-11-20-22-18(17)26-13-21-23-24-26/h2,4,6,10-11,13,15H,3,5,7-9,12H2,1H3,(H,20,22)/t15-/m1/s1. The van der Waals surface area contributed by atoms with Gasteiger partial charge >= 0.3 is 0 Å². The summed E-state index contributed by atoms with van der Waals surface area (Å²) in [6.07, 6.45) is 7.15. The number of nitrogens with zero attached hydrogens (tertiary/aromatic N) is 6. The Balaban J connectivity index is 1.40. The minimum absolute atomic E-state index is 0.0367. The Bertz CT molecular complexity index is 922. The SMILES string of the molecule is COc1cccc(CC[C@H]2CCCN(C(=O)c3cn[nH]c3-n3cnnn3)C2)c1. The van der Waals surface area contributed by atoms with Crippen molar-refractivity contribution in [2.24, 2.45) is 5.92 Å². The van der Waals surface area contributed by atoms with Crippen LogP contribution in [0.25, 0.3) is 5.82 Å². The van der Waals surface area contributed by atoms with Crippen LogP contribution in [0.15, 0.2) is 36.8 Å². The maximum Gasteiger partial charge on any atom is 0.259 e. The molecule has 3 heterocycles. The van der Waals surface area contributed by atoms with E-state index in [0.29, 0.717) is 17.3 Å². The van der Waals surface area contributed by atoms with Crippen molar-refractivity contribution in [3.8, 4) is 11.6 Å². The van der Waals surface area contributed by atoms with Gasteiger partial charge in [0, 0.05) is 13.1 Å². The van der Waals surface area contributed by atoms with Gasteiger partial charge in [0.1, 0.15) is 17.6 Å². The summed E-state index contributed by atoms with van der Waals surface area (Å²) in [5.74, 6) is 1.82. The molecule has 0 radical (unpaired) electrons. The number of hydrogen-bond donors (Lipinski definition) is 1. The number of tetrazole rings is 1. The molecule has 0 aliphatic carbocycles. The third kappa shape index (κ3) is 3.88. The van der Waals surface area contributed by atoms with E-state index in [1.165, 1.54) is 16.6 Å². The summed E-state index contributed by atoms with van der Waals surface area (Å²) in [4.78, 5) is 15.0. The molecule has 1 aromatic carbocycles. The molecule has 0 bridgehead atoms. The average Bonchev–Trinajstić information content (AvgIpc) is 3.43. The van der Waals surface area contributed by atoms with E-state index < -0.39 is 0 Å². The van der Waals surface area contributed by atoms with Gasteiger partial charge in [0.05, 0.1) is 13.3 Å². The van der Waals surface area contributed by atoms with Crippen LogP contribution in [0.4, 0.5) is 0 Å². The van der Waals surface area contributed by atoms with Crippen molar-refractivity contribution in [3.05, 3.63) is 47.9 Å². The van der Waals surface area contributed by atoms with Gasteiger partial charge in [0.2, 0.25) is 0 Å². The zero-order chi connectivity index (χ0) is 19.3. The Labute approximate surface area is 162 Å². The fourth-order valence-corrected chi connectivity index (χ4v) is 3.73. The lowest BCUT2D eigenvalue weighted by molar-refractivity contribution is 0.0668. The first-order valence-corrected chi connectivity index (χ1v) is 9.43. The van der Waals surface area contributed by atoms with Crippen molar-refractivity contribution in [1.82, 2.24) is 35.3 Å². The third-order valence-electron chi connectivity index (χ3n) is 5.21. The van der Waals surface area contributed by atoms with E-state index in [9.17, 15) is 4.79 Å². The lowest BCUT2D eigenvalue weighted by Crippen LogP contribution is -2.40. The van der Waals surface area contributed by atoms with Crippen LogP contribution in [-0.4, -0.2) is 61.4 Å². The number of carbonyl (C=O) groups excluding carboxylic acids is 1. The van der Waals surface area contributed by atoms with Crippen molar-refractivity contribution >= 4 is 5.91 Å². The second-order valence-corrected chi connectivity index (χ2v) is 7.04. The van der Waals surface area contributed by atoms with Crippen LogP contribution in [0.5, 0.6) is 5.75 Å². The minimum Gasteiger partial charge on any atom is -0.497 e. The molecule has 1 saturated heterocycles. The van der Waals surface area contributed by atoms with E-state index in [1.807, 2.05) is 17.0 Å². The topological polar surface area (TPSA) is 102 Å². The summed E-state index contributed by atoms with van der Waals surface area (Å²) in [5, 5.41) is 17.9. The Morgan fingerprint density at radius 3 is 3.14 bits per heavy atom. The molecule has 28 heavy (non-hydrogen) atoms. The van der Waals surface area contributed by atoms with Crippen LogP contribution in [0.2, 0.25) is 0 Å². The fourth-order valence-electron chi connectivity index (χ4n) is 3.73. The first-order valence-electron chi connectivity index (χ1n) is 9.43. The predicted octanol–water partition coefficient (Wildman–Crippen LogP) is 1.88. The number of aryl methyl sites for hydroxylation is 1. The van der Waals surface area contributed by atoms with Crippen molar-refractivity contribution in [2.75, 3.05) is 20.2 Å². The zero-order valence-corrected chi connectivity index (χ0v) is 15.8. The van der Waals surface area contributed by atoms with Gasteiger partial charge in [-0.1, -0.05) is 12.1 Å². The lowest BCUT2D eigenvalue weighted by Gasteiger charge is -2.32. The largest absolute Gasteiger partial charge is 0.497 e. The van der Waals surface area contributed by atoms with Crippen LogP contribution < -0.4 is 4.74 Å². The molecule has 146 valence electrons. The van der Waals surface area contributed by atoms with E-state index in [0.717, 1.165) is 44.5 Å². The molecule has 1 aliphatic rings. The molecule has 2 aromatic heterocycles. The first-order chi connectivity index (χ1) is 13.7. The summed E-state index contributed by atoms with van der Waals surface area (Å²) in [6.45, 7) is 1.51. The number of carbonyl (C=O) groups is 1. The summed E-state index contributed by atoms with van der Waals surface area (Å²) in [7, 11) is 1.68. The predicted molar refractivity (Wildman–Crippen MR) is 101 cm³/mol. The molecule has 1 N–H and O–H groups in total. The van der Waals surface area contributed by atoms with Crippen molar-refractivity contribution in [1.29, 1.82) is 0 Å². The number of hydrogen-bond acceptors (Lipinski definition) is 6. The molecular weight excluding hydrogens is 358 g/mol. The highest BCUT2D eigenvalue weighted by Crippen LogP contribution is 2.24. The maximum atomic E-state index is 13.0. The maximum absolute atomic E-state index is 13.0. The van der Waals surface area contributed by atoms with E-state index in [1.54, 1.807) is 13.3 Å². The fraction of sp³-hybridized carbons (Fsp3) is 0.421. The van der Waals surface area contributed by atoms with Gasteiger partial charge in [-0.2, -0.15) is 9.78 Å².